The number of halogens is 2. The van der Waals surface area contributed by atoms with Crippen LogP contribution in [-0.4, -0.2) is 36.0 Å². The van der Waals surface area contributed by atoms with Crippen molar-refractivity contribution in [3.8, 4) is 0 Å². The van der Waals surface area contributed by atoms with E-state index in [0.717, 1.165) is 11.0 Å². The lowest BCUT2D eigenvalue weighted by atomic mass is 10.1. The number of nitrogens with zero attached hydrogens (tertiary/aromatic N) is 2. The SMILES string of the molecule is C=CCCl.CCCCCCCCCCCC[N+](C)(C)Cc1ccccc1.[Cl-].c1ccncc1. The van der Waals surface area contributed by atoms with Gasteiger partial charge in [-0.2, -0.15) is 0 Å². The van der Waals surface area contributed by atoms with Crippen LogP contribution in [0.5, 0.6) is 0 Å². The monoisotopic (exact) mass is 494 g/mol. The molecule has 1 aromatic carbocycles. The van der Waals surface area contributed by atoms with Crippen molar-refractivity contribution >= 4 is 11.6 Å². The zero-order chi connectivity index (χ0) is 23.8. The average molecular weight is 496 g/mol. The van der Waals surface area contributed by atoms with Crippen molar-refractivity contribution in [3.05, 3.63) is 79.1 Å². The second-order valence-electron chi connectivity index (χ2n) is 8.95. The van der Waals surface area contributed by atoms with Gasteiger partial charge >= 0.3 is 0 Å². The number of hydrogen-bond acceptors (Lipinski definition) is 1. The highest BCUT2D eigenvalue weighted by atomic mass is 35.5. The maximum Gasteiger partial charge on any atom is 0.104 e. The van der Waals surface area contributed by atoms with Crippen molar-refractivity contribution in [1.82, 2.24) is 4.98 Å². The van der Waals surface area contributed by atoms with Crippen molar-refractivity contribution in [2.24, 2.45) is 0 Å². The summed E-state index contributed by atoms with van der Waals surface area (Å²) in [5.41, 5.74) is 1.46. The summed E-state index contributed by atoms with van der Waals surface area (Å²) in [6.07, 6.45) is 19.4. The van der Waals surface area contributed by atoms with E-state index in [1.54, 1.807) is 18.5 Å². The fourth-order valence-electron chi connectivity index (χ4n) is 3.50. The van der Waals surface area contributed by atoms with Gasteiger partial charge in [0.05, 0.1) is 20.6 Å². The van der Waals surface area contributed by atoms with Crippen LogP contribution < -0.4 is 12.4 Å². The number of benzene rings is 1. The second kappa shape index (κ2) is 25.3. The van der Waals surface area contributed by atoms with Crippen LogP contribution in [0, 0.1) is 0 Å². The van der Waals surface area contributed by atoms with Crippen molar-refractivity contribution in [3.63, 3.8) is 0 Å². The molecule has 0 spiro atoms. The van der Waals surface area contributed by atoms with Gasteiger partial charge in [0.15, 0.2) is 0 Å². The van der Waals surface area contributed by atoms with Crippen molar-refractivity contribution in [2.45, 2.75) is 77.7 Å². The van der Waals surface area contributed by atoms with Gasteiger partial charge < -0.3 is 16.9 Å². The number of unbranched alkanes of at least 4 members (excludes halogenated alkanes) is 9. The molecule has 0 aliphatic rings. The predicted molar refractivity (Wildman–Crippen MR) is 144 cm³/mol. The molecule has 188 valence electrons. The Bertz CT molecular complexity index is 591. The molecule has 2 rings (SSSR count). The number of allylic oxidation sites excluding steroid dienone is 1. The largest absolute Gasteiger partial charge is 1.00 e. The lowest BCUT2D eigenvalue weighted by molar-refractivity contribution is -0.903. The molecule has 0 fully saturated rings. The van der Waals surface area contributed by atoms with E-state index >= 15 is 0 Å². The number of quaternary nitrogens is 1. The van der Waals surface area contributed by atoms with E-state index in [2.05, 4.69) is 62.9 Å². The van der Waals surface area contributed by atoms with Gasteiger partial charge in [-0.25, -0.2) is 0 Å². The summed E-state index contributed by atoms with van der Waals surface area (Å²) >= 11 is 5.07. The lowest BCUT2D eigenvalue weighted by Gasteiger charge is -2.30. The minimum Gasteiger partial charge on any atom is -1.00 e. The quantitative estimate of drug-likeness (QED) is 0.142. The van der Waals surface area contributed by atoms with Crippen LogP contribution in [0.4, 0.5) is 0 Å². The van der Waals surface area contributed by atoms with E-state index in [-0.39, 0.29) is 12.4 Å². The van der Waals surface area contributed by atoms with Crippen LogP contribution in [0.3, 0.4) is 0 Å². The number of rotatable bonds is 14. The van der Waals surface area contributed by atoms with Crippen LogP contribution in [0.25, 0.3) is 0 Å². The topological polar surface area (TPSA) is 12.9 Å². The molecular weight excluding hydrogens is 447 g/mol. The fraction of sp³-hybridized carbons (Fsp3) is 0.552. The van der Waals surface area contributed by atoms with E-state index in [1.807, 2.05) is 18.2 Å². The second-order valence-corrected chi connectivity index (χ2v) is 9.26. The number of alkyl halides is 1. The molecule has 0 unspecified atom stereocenters. The summed E-state index contributed by atoms with van der Waals surface area (Å²) in [5.74, 6) is 0.556. The van der Waals surface area contributed by atoms with Crippen molar-refractivity contribution in [2.75, 3.05) is 26.5 Å². The van der Waals surface area contributed by atoms with Crippen LogP contribution >= 0.6 is 11.6 Å². The van der Waals surface area contributed by atoms with Crippen LogP contribution in [-0.2, 0) is 6.54 Å². The lowest BCUT2D eigenvalue weighted by Crippen LogP contribution is -3.00. The summed E-state index contributed by atoms with van der Waals surface area (Å²) in [6.45, 7) is 8.08. The van der Waals surface area contributed by atoms with Gasteiger partial charge in [-0.05, 0) is 25.0 Å². The summed E-state index contributed by atoms with van der Waals surface area (Å²) < 4.78 is 1.11. The molecule has 0 bridgehead atoms. The number of hydrogen-bond donors (Lipinski definition) is 0. The molecule has 0 saturated heterocycles. The Morgan fingerprint density at radius 3 is 1.64 bits per heavy atom. The van der Waals surface area contributed by atoms with Gasteiger partial charge in [-0.3, -0.25) is 4.98 Å². The molecule has 33 heavy (non-hydrogen) atoms. The molecule has 0 radical (unpaired) electrons. The third-order valence-electron chi connectivity index (χ3n) is 5.25. The highest BCUT2D eigenvalue weighted by Gasteiger charge is 2.14. The van der Waals surface area contributed by atoms with E-state index in [0.29, 0.717) is 5.88 Å². The molecule has 0 aliphatic heterocycles. The van der Waals surface area contributed by atoms with Crippen molar-refractivity contribution < 1.29 is 16.9 Å². The molecule has 0 saturated carbocycles. The number of aromatic nitrogens is 1. The van der Waals surface area contributed by atoms with Gasteiger partial charge in [0, 0.05) is 23.8 Å². The highest BCUT2D eigenvalue weighted by Crippen LogP contribution is 2.14. The molecule has 2 aromatic rings. The Kier molecular flexibility index (Phi) is 25.9. The van der Waals surface area contributed by atoms with Gasteiger partial charge in [-0.1, -0.05) is 101 Å². The maximum atomic E-state index is 5.07. The maximum absolute atomic E-state index is 5.07. The van der Waals surface area contributed by atoms with Gasteiger partial charge in [0.25, 0.3) is 0 Å². The molecule has 4 heteroatoms. The molecule has 0 N–H and O–H groups in total. The zero-order valence-electron chi connectivity index (χ0n) is 21.4. The third-order valence-corrected chi connectivity index (χ3v) is 5.46. The molecule has 0 atom stereocenters. The summed E-state index contributed by atoms with van der Waals surface area (Å²) in [5, 5.41) is 0. The standard InChI is InChI=1S/C21H38N.C5H5N.C3H5Cl.ClH/c1-4-5-6-7-8-9-10-11-12-16-19-22(2,3)20-21-17-14-13-15-18-21;1-2-4-6-5-3-1;1-2-3-4;/h13-15,17-18H,4-12,16,19-20H2,1-3H3;1-5H;2H,1,3H2;1H/q+1;;;/p-1. The molecule has 2 nitrogen and oxygen atoms in total. The summed E-state index contributed by atoms with van der Waals surface area (Å²) in [6, 6.07) is 16.6. The Morgan fingerprint density at radius 2 is 1.24 bits per heavy atom. The first-order valence-electron chi connectivity index (χ1n) is 12.4. The molecule has 1 heterocycles. The molecule has 0 amide bonds. The van der Waals surface area contributed by atoms with Crippen LogP contribution in [0.15, 0.2) is 73.6 Å². The number of pyridine rings is 1. The first-order valence-corrected chi connectivity index (χ1v) is 13.0. The third kappa shape index (κ3) is 25.1. The van der Waals surface area contributed by atoms with Crippen molar-refractivity contribution in [1.29, 1.82) is 0 Å². The molecule has 0 aliphatic carbocycles. The predicted octanol–water partition coefficient (Wildman–Crippen LogP) is 5.68. The normalized spacial score (nSPS) is 10.1. The smallest absolute Gasteiger partial charge is 0.104 e. The van der Waals surface area contributed by atoms with Gasteiger partial charge in [0.1, 0.15) is 6.54 Å². The average Bonchev–Trinajstić information content (AvgIpc) is 2.82. The van der Waals surface area contributed by atoms with Crippen LogP contribution in [0.2, 0.25) is 0 Å². The van der Waals surface area contributed by atoms with E-state index in [9.17, 15) is 0 Å². The van der Waals surface area contributed by atoms with Crippen LogP contribution in [0.1, 0.15) is 76.7 Å². The Morgan fingerprint density at radius 1 is 0.788 bits per heavy atom. The Hall–Kier alpha value is -1.35. The summed E-state index contributed by atoms with van der Waals surface area (Å²) in [4.78, 5) is 3.78. The first-order chi connectivity index (χ1) is 15.6. The van der Waals surface area contributed by atoms with E-state index in [1.165, 1.54) is 76.3 Å². The fourth-order valence-corrected chi connectivity index (χ4v) is 3.50. The Balaban J connectivity index is 0. The minimum absolute atomic E-state index is 0. The van der Waals surface area contributed by atoms with Gasteiger partial charge in [0.2, 0.25) is 0 Å². The van der Waals surface area contributed by atoms with E-state index < -0.39 is 0 Å². The Labute approximate surface area is 216 Å². The highest BCUT2D eigenvalue weighted by molar-refractivity contribution is 6.18. The van der Waals surface area contributed by atoms with E-state index in [4.69, 9.17) is 11.6 Å². The van der Waals surface area contributed by atoms with Gasteiger partial charge in [-0.15, -0.1) is 18.2 Å². The first kappa shape index (κ1) is 33.8. The molecular formula is C29H48Cl2N2. The summed E-state index contributed by atoms with van der Waals surface area (Å²) in [7, 11) is 4.72. The minimum atomic E-state index is 0. The zero-order valence-corrected chi connectivity index (χ0v) is 22.9. The molecule has 1 aromatic heterocycles.